The third kappa shape index (κ3) is 3.91. The summed E-state index contributed by atoms with van der Waals surface area (Å²) in [6.45, 7) is 7.86. The zero-order valence-corrected chi connectivity index (χ0v) is 9.76. The molecule has 0 radical (unpaired) electrons. The van der Waals surface area contributed by atoms with Crippen molar-refractivity contribution in [1.29, 1.82) is 5.41 Å². The van der Waals surface area contributed by atoms with E-state index in [0.717, 1.165) is 25.3 Å². The van der Waals surface area contributed by atoms with E-state index in [4.69, 9.17) is 15.9 Å². The van der Waals surface area contributed by atoms with Crippen molar-refractivity contribution < 1.29 is 4.74 Å². The Labute approximate surface area is 91.4 Å². The molecular weight excluding hydrogens is 190 g/mol. The number of rotatable bonds is 3. The molecular formula is C11H21N3O. The van der Waals surface area contributed by atoms with Crippen molar-refractivity contribution in [3.63, 3.8) is 0 Å². The Morgan fingerprint density at radius 2 is 2.20 bits per heavy atom. The van der Waals surface area contributed by atoms with Crippen LogP contribution < -0.4 is 11.1 Å². The van der Waals surface area contributed by atoms with Gasteiger partial charge in [-0.05, 0) is 12.5 Å². The van der Waals surface area contributed by atoms with Crippen LogP contribution in [0.4, 0.5) is 0 Å². The minimum Gasteiger partial charge on any atom is -0.384 e. The standard InChI is InChI=1S/C11H21N3O/c1-11(2,3)9(6-10(12)13)14-8-4-5-15-7-8/h6,8,14H,4-5,7H2,1-3H3,(H3,12,13)/b9-6-/t8-/m0/s1. The molecule has 1 rings (SSSR count). The van der Waals surface area contributed by atoms with Gasteiger partial charge >= 0.3 is 0 Å². The molecule has 0 aromatic rings. The SMILES string of the molecule is CC(C)(C)/C(=C/C(=N)N)N[C@H]1CCOC1. The summed E-state index contributed by atoms with van der Waals surface area (Å²) in [5.74, 6) is 0.0892. The van der Waals surface area contributed by atoms with Crippen LogP contribution in [0.5, 0.6) is 0 Å². The zero-order valence-electron chi connectivity index (χ0n) is 9.76. The first-order chi connectivity index (χ1) is 6.89. The van der Waals surface area contributed by atoms with Gasteiger partial charge < -0.3 is 15.8 Å². The molecule has 0 aromatic carbocycles. The highest BCUT2D eigenvalue weighted by molar-refractivity contribution is 5.89. The van der Waals surface area contributed by atoms with Crippen molar-refractivity contribution in [3.8, 4) is 0 Å². The van der Waals surface area contributed by atoms with Crippen molar-refractivity contribution in [1.82, 2.24) is 5.32 Å². The molecule has 0 spiro atoms. The Morgan fingerprint density at radius 3 is 2.60 bits per heavy atom. The highest BCUT2D eigenvalue weighted by Crippen LogP contribution is 2.24. The molecule has 0 amide bonds. The normalized spacial score (nSPS) is 22.9. The van der Waals surface area contributed by atoms with Crippen LogP contribution in [0.3, 0.4) is 0 Å². The average molecular weight is 211 g/mol. The lowest BCUT2D eigenvalue weighted by molar-refractivity contribution is 0.190. The van der Waals surface area contributed by atoms with Gasteiger partial charge in [0.2, 0.25) is 0 Å². The third-order valence-electron chi connectivity index (χ3n) is 2.40. The van der Waals surface area contributed by atoms with Crippen LogP contribution in [0.25, 0.3) is 0 Å². The molecule has 86 valence electrons. The number of allylic oxidation sites excluding steroid dienone is 1. The fourth-order valence-electron chi connectivity index (χ4n) is 1.50. The first kappa shape index (κ1) is 12.0. The molecule has 4 N–H and O–H groups in total. The Balaban J connectivity index is 2.68. The number of hydrogen-bond donors (Lipinski definition) is 3. The van der Waals surface area contributed by atoms with E-state index in [1.807, 2.05) is 0 Å². The first-order valence-corrected chi connectivity index (χ1v) is 5.30. The highest BCUT2D eigenvalue weighted by Gasteiger charge is 2.22. The number of nitrogens with two attached hydrogens (primary N) is 1. The summed E-state index contributed by atoms with van der Waals surface area (Å²) in [7, 11) is 0. The zero-order chi connectivity index (χ0) is 11.5. The Morgan fingerprint density at radius 1 is 1.53 bits per heavy atom. The van der Waals surface area contributed by atoms with Gasteiger partial charge in [0.25, 0.3) is 0 Å². The average Bonchev–Trinajstić information content (AvgIpc) is 2.53. The topological polar surface area (TPSA) is 71.1 Å². The summed E-state index contributed by atoms with van der Waals surface area (Å²) in [6, 6.07) is 0.356. The molecule has 0 unspecified atom stereocenters. The van der Waals surface area contributed by atoms with Crippen molar-refractivity contribution in [2.45, 2.75) is 33.2 Å². The first-order valence-electron chi connectivity index (χ1n) is 5.30. The number of ether oxygens (including phenoxy) is 1. The van der Waals surface area contributed by atoms with Crippen molar-refractivity contribution >= 4 is 5.84 Å². The second-order valence-corrected chi connectivity index (χ2v) is 4.97. The summed E-state index contributed by atoms with van der Waals surface area (Å²) in [5, 5.41) is 10.7. The predicted molar refractivity (Wildman–Crippen MR) is 61.8 cm³/mol. The van der Waals surface area contributed by atoms with Gasteiger partial charge in [-0.15, -0.1) is 0 Å². The van der Waals surface area contributed by atoms with Crippen molar-refractivity contribution in [2.75, 3.05) is 13.2 Å². The van der Waals surface area contributed by atoms with Gasteiger partial charge in [-0.2, -0.15) is 0 Å². The van der Waals surface area contributed by atoms with E-state index in [2.05, 4.69) is 26.1 Å². The molecule has 1 fully saturated rings. The van der Waals surface area contributed by atoms with E-state index in [1.165, 1.54) is 0 Å². The van der Waals surface area contributed by atoms with Crippen LogP contribution in [0, 0.1) is 10.8 Å². The largest absolute Gasteiger partial charge is 0.384 e. The van der Waals surface area contributed by atoms with Crippen molar-refractivity contribution in [3.05, 3.63) is 11.8 Å². The maximum Gasteiger partial charge on any atom is 0.117 e. The number of hydrogen-bond acceptors (Lipinski definition) is 3. The Bertz CT molecular complexity index is 259. The van der Waals surface area contributed by atoms with Crippen molar-refractivity contribution in [2.24, 2.45) is 11.1 Å². The minimum absolute atomic E-state index is 0.0196. The molecule has 4 nitrogen and oxygen atoms in total. The molecule has 15 heavy (non-hydrogen) atoms. The summed E-state index contributed by atoms with van der Waals surface area (Å²) in [5.41, 5.74) is 6.39. The maximum atomic E-state index is 7.31. The van der Waals surface area contributed by atoms with Crippen LogP contribution in [-0.4, -0.2) is 25.1 Å². The molecule has 4 heteroatoms. The third-order valence-corrected chi connectivity index (χ3v) is 2.40. The summed E-state index contributed by atoms with van der Waals surface area (Å²) >= 11 is 0. The summed E-state index contributed by atoms with van der Waals surface area (Å²) in [6.07, 6.45) is 2.71. The molecule has 1 heterocycles. The summed E-state index contributed by atoms with van der Waals surface area (Å²) < 4.78 is 5.30. The Kier molecular flexibility index (Phi) is 3.74. The van der Waals surface area contributed by atoms with Crippen LogP contribution >= 0.6 is 0 Å². The second-order valence-electron chi connectivity index (χ2n) is 4.97. The molecule has 1 aliphatic heterocycles. The molecule has 1 atom stereocenters. The van der Waals surface area contributed by atoms with Gasteiger partial charge in [0, 0.05) is 17.7 Å². The second kappa shape index (κ2) is 4.66. The van der Waals surface area contributed by atoms with E-state index in [9.17, 15) is 0 Å². The fraction of sp³-hybridized carbons (Fsp3) is 0.727. The monoisotopic (exact) mass is 211 g/mol. The van der Waals surface area contributed by atoms with E-state index >= 15 is 0 Å². The van der Waals surface area contributed by atoms with Crippen LogP contribution in [0.15, 0.2) is 11.8 Å². The quantitative estimate of drug-likeness (QED) is 0.485. The number of nitrogens with one attached hydrogen (secondary N) is 2. The van der Waals surface area contributed by atoms with Crippen LogP contribution in [-0.2, 0) is 4.74 Å². The van der Waals surface area contributed by atoms with Crippen LogP contribution in [0.1, 0.15) is 27.2 Å². The summed E-state index contributed by atoms with van der Waals surface area (Å²) in [4.78, 5) is 0. The predicted octanol–water partition coefficient (Wildman–Crippen LogP) is 1.23. The Hall–Kier alpha value is -1.03. The molecule has 0 bridgehead atoms. The molecule has 0 aliphatic carbocycles. The van der Waals surface area contributed by atoms with Gasteiger partial charge in [0.05, 0.1) is 12.6 Å². The lowest BCUT2D eigenvalue weighted by Crippen LogP contribution is -2.35. The fourth-order valence-corrected chi connectivity index (χ4v) is 1.50. The smallest absolute Gasteiger partial charge is 0.117 e. The molecule has 1 saturated heterocycles. The van der Waals surface area contributed by atoms with Gasteiger partial charge in [0.15, 0.2) is 0 Å². The lowest BCUT2D eigenvalue weighted by atomic mass is 9.90. The van der Waals surface area contributed by atoms with E-state index in [0.29, 0.717) is 6.04 Å². The minimum atomic E-state index is -0.0196. The van der Waals surface area contributed by atoms with Gasteiger partial charge in [-0.25, -0.2) is 0 Å². The molecule has 0 aromatic heterocycles. The van der Waals surface area contributed by atoms with Gasteiger partial charge in [-0.1, -0.05) is 20.8 Å². The lowest BCUT2D eigenvalue weighted by Gasteiger charge is -2.27. The molecule has 1 aliphatic rings. The van der Waals surface area contributed by atoms with Crippen LogP contribution in [0.2, 0.25) is 0 Å². The van der Waals surface area contributed by atoms with E-state index < -0.39 is 0 Å². The van der Waals surface area contributed by atoms with E-state index in [1.54, 1.807) is 6.08 Å². The van der Waals surface area contributed by atoms with E-state index in [-0.39, 0.29) is 11.3 Å². The number of amidine groups is 1. The highest BCUT2D eigenvalue weighted by atomic mass is 16.5. The van der Waals surface area contributed by atoms with Gasteiger partial charge in [0.1, 0.15) is 5.84 Å². The maximum absolute atomic E-state index is 7.31. The molecule has 0 saturated carbocycles. The van der Waals surface area contributed by atoms with Gasteiger partial charge in [-0.3, -0.25) is 5.41 Å².